The summed E-state index contributed by atoms with van der Waals surface area (Å²) in [6, 6.07) is 9.96. The van der Waals surface area contributed by atoms with Gasteiger partial charge in [0.15, 0.2) is 4.34 Å². The SMILES string of the molecule is O=C(CSc1nnc(NC2CCCCC2)s1)OCCOc1ccccc1. The Morgan fingerprint density at radius 1 is 1.15 bits per heavy atom. The first-order valence-electron chi connectivity index (χ1n) is 8.86. The van der Waals surface area contributed by atoms with E-state index in [-0.39, 0.29) is 18.3 Å². The number of anilines is 1. The molecule has 1 heterocycles. The number of carbonyl (C=O) groups is 1. The molecule has 1 fully saturated rings. The number of para-hydroxylation sites is 1. The van der Waals surface area contributed by atoms with Gasteiger partial charge in [0, 0.05) is 6.04 Å². The topological polar surface area (TPSA) is 73.3 Å². The normalized spacial score (nSPS) is 14.8. The van der Waals surface area contributed by atoms with Crippen LogP contribution in [0.5, 0.6) is 5.75 Å². The van der Waals surface area contributed by atoms with Crippen LogP contribution in [0, 0.1) is 0 Å². The Morgan fingerprint density at radius 3 is 2.77 bits per heavy atom. The Bertz CT molecular complexity index is 675. The van der Waals surface area contributed by atoms with Crippen LogP contribution in [0.4, 0.5) is 5.13 Å². The number of esters is 1. The molecule has 0 atom stereocenters. The summed E-state index contributed by atoms with van der Waals surface area (Å²) in [5.41, 5.74) is 0. The summed E-state index contributed by atoms with van der Waals surface area (Å²) in [4.78, 5) is 11.8. The average molecular weight is 394 g/mol. The van der Waals surface area contributed by atoms with Crippen LogP contribution in [0.1, 0.15) is 32.1 Å². The number of carbonyl (C=O) groups excluding carboxylic acids is 1. The minimum atomic E-state index is -0.274. The van der Waals surface area contributed by atoms with Crippen molar-refractivity contribution in [3.8, 4) is 5.75 Å². The fourth-order valence-electron chi connectivity index (χ4n) is 2.74. The smallest absolute Gasteiger partial charge is 0.316 e. The molecule has 0 radical (unpaired) electrons. The molecule has 26 heavy (non-hydrogen) atoms. The van der Waals surface area contributed by atoms with Gasteiger partial charge in [-0.05, 0) is 25.0 Å². The maximum atomic E-state index is 11.8. The van der Waals surface area contributed by atoms with E-state index in [0.717, 1.165) is 15.2 Å². The summed E-state index contributed by atoms with van der Waals surface area (Å²) in [6.07, 6.45) is 6.27. The highest BCUT2D eigenvalue weighted by Crippen LogP contribution is 2.28. The van der Waals surface area contributed by atoms with Crippen molar-refractivity contribution < 1.29 is 14.3 Å². The molecule has 0 saturated heterocycles. The molecule has 1 N–H and O–H groups in total. The Kier molecular flexibility index (Phi) is 7.57. The van der Waals surface area contributed by atoms with E-state index in [2.05, 4.69) is 15.5 Å². The molecule has 3 rings (SSSR count). The third kappa shape index (κ3) is 6.49. The largest absolute Gasteiger partial charge is 0.490 e. The minimum Gasteiger partial charge on any atom is -0.490 e. The standard InChI is InChI=1S/C18H23N3O3S2/c22-16(24-12-11-23-15-9-5-2-6-10-15)13-25-18-21-20-17(26-18)19-14-7-3-1-4-8-14/h2,5-6,9-10,14H,1,3-4,7-8,11-13H2,(H,19,20). The third-order valence-electron chi connectivity index (χ3n) is 4.01. The van der Waals surface area contributed by atoms with Crippen molar-refractivity contribution >= 4 is 34.2 Å². The number of nitrogens with one attached hydrogen (secondary N) is 1. The summed E-state index contributed by atoms with van der Waals surface area (Å²) in [5, 5.41) is 12.6. The second-order valence-corrected chi connectivity index (χ2v) is 8.22. The number of benzene rings is 1. The maximum Gasteiger partial charge on any atom is 0.316 e. The second-order valence-electron chi connectivity index (χ2n) is 6.02. The predicted octanol–water partition coefficient (Wildman–Crippen LogP) is 4.00. The molecule has 0 amide bonds. The van der Waals surface area contributed by atoms with Gasteiger partial charge in [0.25, 0.3) is 0 Å². The van der Waals surface area contributed by atoms with Crippen molar-refractivity contribution in [2.45, 2.75) is 42.5 Å². The van der Waals surface area contributed by atoms with Crippen molar-refractivity contribution in [2.24, 2.45) is 0 Å². The molecule has 0 bridgehead atoms. The Morgan fingerprint density at radius 2 is 1.96 bits per heavy atom. The van der Waals surface area contributed by atoms with Gasteiger partial charge in [-0.25, -0.2) is 0 Å². The van der Waals surface area contributed by atoms with Crippen LogP contribution in [0.15, 0.2) is 34.7 Å². The number of aromatic nitrogens is 2. The van der Waals surface area contributed by atoms with E-state index in [1.54, 1.807) is 0 Å². The molecule has 1 aromatic heterocycles. The molecule has 6 nitrogen and oxygen atoms in total. The first kappa shape index (κ1) is 19.0. The number of nitrogens with zero attached hydrogens (tertiary/aromatic N) is 2. The molecule has 1 aliphatic rings. The summed E-state index contributed by atoms with van der Waals surface area (Å²) < 4.78 is 11.4. The van der Waals surface area contributed by atoms with Crippen molar-refractivity contribution in [3.05, 3.63) is 30.3 Å². The van der Waals surface area contributed by atoms with Crippen molar-refractivity contribution in [2.75, 3.05) is 24.3 Å². The van der Waals surface area contributed by atoms with Gasteiger partial charge in [-0.3, -0.25) is 4.79 Å². The first-order chi connectivity index (χ1) is 12.8. The number of hydrogen-bond acceptors (Lipinski definition) is 8. The van der Waals surface area contributed by atoms with E-state index in [1.807, 2.05) is 30.3 Å². The zero-order valence-electron chi connectivity index (χ0n) is 14.6. The lowest BCUT2D eigenvalue weighted by Gasteiger charge is -2.21. The second kappa shape index (κ2) is 10.4. The highest BCUT2D eigenvalue weighted by atomic mass is 32.2. The highest BCUT2D eigenvalue weighted by Gasteiger charge is 2.15. The van der Waals surface area contributed by atoms with Gasteiger partial charge in [-0.2, -0.15) is 0 Å². The number of rotatable bonds is 9. The van der Waals surface area contributed by atoms with E-state index in [4.69, 9.17) is 9.47 Å². The monoisotopic (exact) mass is 393 g/mol. The van der Waals surface area contributed by atoms with E-state index < -0.39 is 0 Å². The summed E-state index contributed by atoms with van der Waals surface area (Å²) in [5.74, 6) is 0.720. The lowest BCUT2D eigenvalue weighted by molar-refractivity contribution is -0.141. The van der Waals surface area contributed by atoms with Crippen LogP contribution >= 0.6 is 23.1 Å². The van der Waals surface area contributed by atoms with Crippen LogP contribution in [0.3, 0.4) is 0 Å². The summed E-state index contributed by atoms with van der Waals surface area (Å²) in [6.45, 7) is 0.577. The number of hydrogen-bond donors (Lipinski definition) is 1. The van der Waals surface area contributed by atoms with Crippen LogP contribution in [0.25, 0.3) is 0 Å². The zero-order valence-corrected chi connectivity index (χ0v) is 16.2. The van der Waals surface area contributed by atoms with Gasteiger partial charge in [0.1, 0.15) is 19.0 Å². The van der Waals surface area contributed by atoms with Gasteiger partial charge < -0.3 is 14.8 Å². The molecule has 1 aromatic carbocycles. The van der Waals surface area contributed by atoms with Crippen molar-refractivity contribution in [3.63, 3.8) is 0 Å². The fraction of sp³-hybridized carbons (Fsp3) is 0.500. The van der Waals surface area contributed by atoms with E-state index >= 15 is 0 Å². The van der Waals surface area contributed by atoms with E-state index in [1.165, 1.54) is 55.2 Å². The fourth-order valence-corrected chi connectivity index (χ4v) is 4.37. The Balaban J connectivity index is 1.30. The van der Waals surface area contributed by atoms with Crippen LogP contribution in [0.2, 0.25) is 0 Å². The molecule has 2 aromatic rings. The number of ether oxygens (including phenoxy) is 2. The van der Waals surface area contributed by atoms with Gasteiger partial charge >= 0.3 is 5.97 Å². The maximum absolute atomic E-state index is 11.8. The molecular formula is C18H23N3O3S2. The van der Waals surface area contributed by atoms with Crippen LogP contribution in [-0.2, 0) is 9.53 Å². The summed E-state index contributed by atoms with van der Waals surface area (Å²) in [7, 11) is 0. The van der Waals surface area contributed by atoms with Crippen molar-refractivity contribution in [1.29, 1.82) is 0 Å². The van der Waals surface area contributed by atoms with Gasteiger partial charge in [0.2, 0.25) is 5.13 Å². The van der Waals surface area contributed by atoms with Crippen LogP contribution in [-0.4, -0.2) is 41.2 Å². The molecule has 0 spiro atoms. The van der Waals surface area contributed by atoms with E-state index in [0.29, 0.717) is 12.6 Å². The minimum absolute atomic E-state index is 0.226. The lowest BCUT2D eigenvalue weighted by Crippen LogP contribution is -2.21. The quantitative estimate of drug-likeness (QED) is 0.392. The van der Waals surface area contributed by atoms with Gasteiger partial charge in [-0.1, -0.05) is 60.6 Å². The predicted molar refractivity (Wildman–Crippen MR) is 104 cm³/mol. The molecule has 8 heteroatoms. The van der Waals surface area contributed by atoms with Crippen LogP contribution < -0.4 is 10.1 Å². The van der Waals surface area contributed by atoms with Crippen molar-refractivity contribution in [1.82, 2.24) is 10.2 Å². The average Bonchev–Trinajstić information content (AvgIpc) is 3.12. The number of thioether (sulfide) groups is 1. The molecule has 1 saturated carbocycles. The van der Waals surface area contributed by atoms with Gasteiger partial charge in [0.05, 0.1) is 5.75 Å². The Hall–Kier alpha value is -1.80. The lowest BCUT2D eigenvalue weighted by atomic mass is 9.96. The van der Waals surface area contributed by atoms with E-state index in [9.17, 15) is 4.79 Å². The summed E-state index contributed by atoms with van der Waals surface area (Å²) >= 11 is 2.85. The van der Waals surface area contributed by atoms with Gasteiger partial charge in [-0.15, -0.1) is 10.2 Å². The first-order valence-corrected chi connectivity index (χ1v) is 10.7. The zero-order chi connectivity index (χ0) is 18.0. The third-order valence-corrected chi connectivity index (χ3v) is 5.97. The molecule has 0 aliphatic heterocycles. The Labute approximate surface area is 161 Å². The molecule has 1 aliphatic carbocycles. The molecule has 0 unspecified atom stereocenters. The molecule has 140 valence electrons. The molecular weight excluding hydrogens is 370 g/mol. The highest BCUT2D eigenvalue weighted by molar-refractivity contribution is 8.01.